The number of piperazine rings is 2. The van der Waals surface area contributed by atoms with Gasteiger partial charge in [-0.2, -0.15) is 0 Å². The van der Waals surface area contributed by atoms with Crippen LogP contribution in [-0.2, 0) is 14.4 Å². The third-order valence-electron chi connectivity index (χ3n) is 6.39. The number of nitrogens with one attached hydrogen (secondary N) is 2. The van der Waals surface area contributed by atoms with Crippen LogP contribution in [0.1, 0.15) is 6.42 Å². The van der Waals surface area contributed by atoms with E-state index in [1.54, 1.807) is 24.3 Å². The number of aliphatic hydroxyl groups excluding tert-OH is 1. The molecule has 192 valence electrons. The van der Waals surface area contributed by atoms with Gasteiger partial charge in [0.25, 0.3) is 0 Å². The number of anilines is 1. The second-order valence-corrected chi connectivity index (χ2v) is 8.93. The van der Waals surface area contributed by atoms with Gasteiger partial charge in [0.05, 0.1) is 19.6 Å². The standard InChI is InChI=1S/C26H33N5O5/c32-17-16-29-12-14-30(15-13-29)19-25(34)31-11-10-27-26(35)23(31)18-24(33)28-20-6-8-22(9-7-20)36-21-4-2-1-3-5-21/h1-9,23,32H,10-19H2,(H,27,35)(H,28,33). The van der Waals surface area contributed by atoms with Crippen molar-refractivity contribution in [1.82, 2.24) is 20.0 Å². The highest BCUT2D eigenvalue weighted by molar-refractivity contribution is 5.97. The minimum Gasteiger partial charge on any atom is -0.457 e. The van der Waals surface area contributed by atoms with Crippen molar-refractivity contribution in [3.63, 3.8) is 0 Å². The zero-order valence-electron chi connectivity index (χ0n) is 20.3. The Bertz CT molecular complexity index is 1020. The maximum atomic E-state index is 13.1. The van der Waals surface area contributed by atoms with Gasteiger partial charge in [0.1, 0.15) is 17.5 Å². The summed E-state index contributed by atoms with van der Waals surface area (Å²) in [5.74, 6) is 0.545. The molecule has 3 N–H and O–H groups in total. The van der Waals surface area contributed by atoms with Gasteiger partial charge in [-0.25, -0.2) is 0 Å². The molecule has 0 aromatic heterocycles. The molecule has 0 radical (unpaired) electrons. The summed E-state index contributed by atoms with van der Waals surface area (Å²) < 4.78 is 5.77. The van der Waals surface area contributed by atoms with E-state index in [1.807, 2.05) is 30.3 Å². The number of carbonyl (C=O) groups is 3. The molecule has 2 saturated heterocycles. The van der Waals surface area contributed by atoms with Gasteiger partial charge >= 0.3 is 0 Å². The molecule has 0 saturated carbocycles. The summed E-state index contributed by atoms with van der Waals surface area (Å²) >= 11 is 0. The lowest BCUT2D eigenvalue weighted by Crippen LogP contribution is -2.60. The van der Waals surface area contributed by atoms with Gasteiger partial charge in [-0.05, 0) is 36.4 Å². The van der Waals surface area contributed by atoms with E-state index in [-0.39, 0.29) is 37.3 Å². The molecule has 2 aromatic rings. The van der Waals surface area contributed by atoms with Crippen LogP contribution < -0.4 is 15.4 Å². The Labute approximate surface area is 210 Å². The van der Waals surface area contributed by atoms with Gasteiger partial charge in [0.15, 0.2) is 0 Å². The number of nitrogens with zero attached hydrogens (tertiary/aromatic N) is 3. The fourth-order valence-electron chi connectivity index (χ4n) is 4.43. The first-order valence-corrected chi connectivity index (χ1v) is 12.3. The molecule has 2 aliphatic rings. The maximum Gasteiger partial charge on any atom is 0.243 e. The highest BCUT2D eigenvalue weighted by Crippen LogP contribution is 2.23. The van der Waals surface area contributed by atoms with Crippen molar-refractivity contribution in [2.24, 2.45) is 0 Å². The first-order chi connectivity index (χ1) is 17.5. The molecular weight excluding hydrogens is 462 g/mol. The van der Waals surface area contributed by atoms with Gasteiger partial charge in [0, 0.05) is 51.5 Å². The first kappa shape index (κ1) is 25.6. The molecule has 0 spiro atoms. The monoisotopic (exact) mass is 495 g/mol. The number of ether oxygens (including phenoxy) is 1. The van der Waals surface area contributed by atoms with E-state index in [4.69, 9.17) is 9.84 Å². The third kappa shape index (κ3) is 7.03. The van der Waals surface area contributed by atoms with Gasteiger partial charge in [-0.15, -0.1) is 0 Å². The molecule has 10 heteroatoms. The van der Waals surface area contributed by atoms with Crippen LogP contribution in [-0.4, -0.2) is 103 Å². The Morgan fingerprint density at radius 2 is 1.61 bits per heavy atom. The molecule has 4 rings (SSSR count). The molecule has 2 aliphatic heterocycles. The molecule has 2 aromatic carbocycles. The molecule has 10 nitrogen and oxygen atoms in total. The van der Waals surface area contributed by atoms with Crippen LogP contribution in [0.15, 0.2) is 54.6 Å². The quantitative estimate of drug-likeness (QED) is 0.470. The van der Waals surface area contributed by atoms with Crippen molar-refractivity contribution in [1.29, 1.82) is 0 Å². The predicted molar refractivity (Wildman–Crippen MR) is 135 cm³/mol. The summed E-state index contributed by atoms with van der Waals surface area (Å²) in [5, 5.41) is 14.7. The minimum atomic E-state index is -0.845. The Balaban J connectivity index is 1.30. The lowest BCUT2D eigenvalue weighted by molar-refractivity contribution is -0.145. The Hall–Kier alpha value is -3.47. The normalized spacial score (nSPS) is 19.0. The highest BCUT2D eigenvalue weighted by atomic mass is 16.5. The maximum absolute atomic E-state index is 13.1. The SMILES string of the molecule is O=C(CC1C(=O)NCCN1C(=O)CN1CCN(CCO)CC1)Nc1ccc(Oc2ccccc2)cc1. The van der Waals surface area contributed by atoms with Crippen LogP contribution in [0.3, 0.4) is 0 Å². The number of para-hydroxylation sites is 1. The zero-order valence-corrected chi connectivity index (χ0v) is 20.3. The molecule has 3 amide bonds. The summed E-state index contributed by atoms with van der Waals surface area (Å²) in [4.78, 5) is 44.1. The topological polar surface area (TPSA) is 114 Å². The Kier molecular flexibility index (Phi) is 8.88. The minimum absolute atomic E-state index is 0.121. The van der Waals surface area contributed by atoms with E-state index in [1.165, 1.54) is 4.90 Å². The molecule has 1 atom stereocenters. The number of amides is 3. The van der Waals surface area contributed by atoms with Gasteiger partial charge in [0.2, 0.25) is 17.7 Å². The van der Waals surface area contributed by atoms with E-state index >= 15 is 0 Å². The van der Waals surface area contributed by atoms with Crippen LogP contribution >= 0.6 is 0 Å². The van der Waals surface area contributed by atoms with Gasteiger partial charge < -0.3 is 25.4 Å². The van der Waals surface area contributed by atoms with Gasteiger partial charge in [-0.3, -0.25) is 24.2 Å². The number of rotatable bonds is 9. The molecule has 0 aliphatic carbocycles. The molecule has 36 heavy (non-hydrogen) atoms. The van der Waals surface area contributed by atoms with E-state index in [0.717, 1.165) is 31.9 Å². The molecule has 2 heterocycles. The second kappa shape index (κ2) is 12.5. The summed E-state index contributed by atoms with van der Waals surface area (Å²) in [5.41, 5.74) is 0.579. The van der Waals surface area contributed by atoms with Crippen molar-refractivity contribution in [3.8, 4) is 11.5 Å². The largest absolute Gasteiger partial charge is 0.457 e. The lowest BCUT2D eigenvalue weighted by Gasteiger charge is -2.38. The number of benzene rings is 2. The predicted octanol–water partition coefficient (Wildman–Crippen LogP) is 0.744. The Morgan fingerprint density at radius 1 is 0.944 bits per heavy atom. The van der Waals surface area contributed by atoms with E-state index in [9.17, 15) is 14.4 Å². The highest BCUT2D eigenvalue weighted by Gasteiger charge is 2.35. The van der Waals surface area contributed by atoms with E-state index in [0.29, 0.717) is 31.1 Å². The van der Waals surface area contributed by atoms with Crippen LogP contribution in [0, 0.1) is 0 Å². The van der Waals surface area contributed by atoms with Crippen LogP contribution in [0.5, 0.6) is 11.5 Å². The average molecular weight is 496 g/mol. The molecule has 0 bridgehead atoms. The van der Waals surface area contributed by atoms with E-state index < -0.39 is 6.04 Å². The van der Waals surface area contributed by atoms with Crippen molar-refractivity contribution in [2.45, 2.75) is 12.5 Å². The number of carbonyl (C=O) groups excluding carboxylic acids is 3. The molecule has 2 fully saturated rings. The van der Waals surface area contributed by atoms with Crippen LogP contribution in [0.25, 0.3) is 0 Å². The summed E-state index contributed by atoms with van der Waals surface area (Å²) in [6.07, 6.45) is -0.121. The van der Waals surface area contributed by atoms with Crippen LogP contribution in [0.4, 0.5) is 5.69 Å². The van der Waals surface area contributed by atoms with Gasteiger partial charge in [-0.1, -0.05) is 18.2 Å². The number of aliphatic hydroxyl groups is 1. The second-order valence-electron chi connectivity index (χ2n) is 8.93. The van der Waals surface area contributed by atoms with E-state index in [2.05, 4.69) is 20.4 Å². The molecule has 1 unspecified atom stereocenters. The van der Waals surface area contributed by atoms with Crippen molar-refractivity contribution < 1.29 is 24.2 Å². The number of hydrogen-bond acceptors (Lipinski definition) is 7. The number of β-amino-alcohol motifs (C(OH)–C–C–N with tert-alkyl or cyclic N) is 1. The summed E-state index contributed by atoms with van der Waals surface area (Å²) in [7, 11) is 0. The first-order valence-electron chi connectivity index (χ1n) is 12.3. The lowest BCUT2D eigenvalue weighted by atomic mass is 10.1. The summed E-state index contributed by atoms with van der Waals surface area (Å²) in [6.45, 7) is 4.73. The van der Waals surface area contributed by atoms with Crippen molar-refractivity contribution in [2.75, 3.05) is 64.3 Å². The third-order valence-corrected chi connectivity index (χ3v) is 6.39. The fourth-order valence-corrected chi connectivity index (χ4v) is 4.43. The number of hydrogen-bond donors (Lipinski definition) is 3. The summed E-state index contributed by atoms with van der Waals surface area (Å²) in [6, 6.07) is 15.5. The molecular formula is C26H33N5O5. The van der Waals surface area contributed by atoms with Crippen molar-refractivity contribution >= 4 is 23.4 Å². The van der Waals surface area contributed by atoms with Crippen LogP contribution in [0.2, 0.25) is 0 Å². The smallest absolute Gasteiger partial charge is 0.243 e. The Morgan fingerprint density at radius 3 is 2.31 bits per heavy atom. The average Bonchev–Trinajstić information content (AvgIpc) is 2.88. The van der Waals surface area contributed by atoms with Crippen molar-refractivity contribution in [3.05, 3.63) is 54.6 Å². The zero-order chi connectivity index (χ0) is 25.3. The fraction of sp³-hybridized carbons (Fsp3) is 0.423.